The van der Waals surface area contributed by atoms with E-state index in [1.165, 1.54) is 10.9 Å². The van der Waals surface area contributed by atoms with Gasteiger partial charge in [-0.3, -0.25) is 0 Å². The molecule has 1 atom stereocenters. The van der Waals surface area contributed by atoms with Crippen LogP contribution in [0.5, 0.6) is 0 Å². The van der Waals surface area contributed by atoms with Crippen molar-refractivity contribution in [1.29, 1.82) is 0 Å². The maximum Gasteiger partial charge on any atom is 0.132 e. The van der Waals surface area contributed by atoms with E-state index < -0.39 is 0 Å². The molecular weight excluding hydrogens is 337 g/mol. The van der Waals surface area contributed by atoms with Crippen molar-refractivity contribution in [2.75, 3.05) is 6.54 Å². The van der Waals surface area contributed by atoms with Crippen molar-refractivity contribution in [3.63, 3.8) is 0 Å². The minimum atomic E-state index is -0.178. The van der Waals surface area contributed by atoms with Crippen molar-refractivity contribution in [1.82, 2.24) is 5.32 Å². The molecule has 0 bridgehead atoms. The smallest absolute Gasteiger partial charge is 0.132 e. The second-order valence-corrected chi connectivity index (χ2v) is 6.76. The Balaban J connectivity index is 2.27. The standard InChI is InChI=1S/C16H19BrFNS/c1-3-5-14(19-4-2)16-9-8-15(20-16)12-7-6-11(17)10-13(12)18/h6-10,14,19H,3-5H2,1-2H3. The van der Waals surface area contributed by atoms with Crippen molar-refractivity contribution >= 4 is 27.3 Å². The largest absolute Gasteiger partial charge is 0.310 e. The van der Waals surface area contributed by atoms with Gasteiger partial charge in [0.1, 0.15) is 5.82 Å². The number of hydrogen-bond donors (Lipinski definition) is 1. The van der Waals surface area contributed by atoms with E-state index in [1.54, 1.807) is 11.3 Å². The van der Waals surface area contributed by atoms with Gasteiger partial charge in [-0.15, -0.1) is 11.3 Å². The van der Waals surface area contributed by atoms with Crippen molar-refractivity contribution in [3.8, 4) is 10.4 Å². The highest BCUT2D eigenvalue weighted by atomic mass is 79.9. The van der Waals surface area contributed by atoms with Crippen LogP contribution in [0.25, 0.3) is 10.4 Å². The summed E-state index contributed by atoms with van der Waals surface area (Å²) in [6, 6.07) is 9.74. The predicted molar refractivity (Wildman–Crippen MR) is 88.7 cm³/mol. The van der Waals surface area contributed by atoms with Crippen molar-refractivity contribution in [3.05, 3.63) is 45.5 Å². The van der Waals surface area contributed by atoms with Crippen molar-refractivity contribution in [2.45, 2.75) is 32.7 Å². The summed E-state index contributed by atoms with van der Waals surface area (Å²) < 4.78 is 14.8. The van der Waals surface area contributed by atoms with Crippen LogP contribution in [-0.2, 0) is 0 Å². The molecule has 0 aliphatic heterocycles. The summed E-state index contributed by atoms with van der Waals surface area (Å²) in [6.45, 7) is 5.25. The Kier molecular flexibility index (Phi) is 5.75. The molecule has 1 nitrogen and oxygen atoms in total. The van der Waals surface area contributed by atoms with E-state index in [2.05, 4.69) is 41.2 Å². The Morgan fingerprint density at radius 2 is 2.05 bits per heavy atom. The molecule has 0 spiro atoms. The summed E-state index contributed by atoms with van der Waals surface area (Å²) in [7, 11) is 0. The molecule has 20 heavy (non-hydrogen) atoms. The Morgan fingerprint density at radius 1 is 1.25 bits per heavy atom. The van der Waals surface area contributed by atoms with E-state index in [0.717, 1.165) is 28.7 Å². The third-order valence-electron chi connectivity index (χ3n) is 3.19. The van der Waals surface area contributed by atoms with E-state index >= 15 is 0 Å². The number of halogens is 2. The second kappa shape index (κ2) is 7.34. The Hall–Kier alpha value is -0.710. The van der Waals surface area contributed by atoms with Crippen LogP contribution >= 0.6 is 27.3 Å². The summed E-state index contributed by atoms with van der Waals surface area (Å²) in [6.07, 6.45) is 2.24. The molecule has 1 heterocycles. The van der Waals surface area contributed by atoms with Gasteiger partial charge >= 0.3 is 0 Å². The van der Waals surface area contributed by atoms with Gasteiger partial charge in [-0.2, -0.15) is 0 Å². The highest BCUT2D eigenvalue weighted by Gasteiger charge is 2.14. The Labute approximate surface area is 132 Å². The van der Waals surface area contributed by atoms with Crippen LogP contribution in [0.2, 0.25) is 0 Å². The minimum absolute atomic E-state index is 0.178. The molecule has 0 aliphatic rings. The van der Waals surface area contributed by atoms with Gasteiger partial charge in [0.05, 0.1) is 0 Å². The molecule has 1 aromatic heterocycles. The SMILES string of the molecule is CCCC(NCC)c1ccc(-c2ccc(Br)cc2F)s1. The molecule has 0 saturated carbocycles. The van der Waals surface area contributed by atoms with Gasteiger partial charge < -0.3 is 5.32 Å². The van der Waals surface area contributed by atoms with Gasteiger partial charge in [0.15, 0.2) is 0 Å². The van der Waals surface area contributed by atoms with Crippen LogP contribution in [0, 0.1) is 5.82 Å². The lowest BCUT2D eigenvalue weighted by Gasteiger charge is -2.15. The van der Waals surface area contributed by atoms with E-state index in [1.807, 2.05) is 18.2 Å². The van der Waals surface area contributed by atoms with E-state index in [0.29, 0.717) is 11.6 Å². The molecule has 108 valence electrons. The summed E-state index contributed by atoms with van der Waals surface area (Å²) in [4.78, 5) is 2.27. The zero-order valence-electron chi connectivity index (χ0n) is 11.7. The zero-order valence-corrected chi connectivity index (χ0v) is 14.2. The first-order valence-corrected chi connectivity index (χ1v) is 8.55. The van der Waals surface area contributed by atoms with Gasteiger partial charge in [0.25, 0.3) is 0 Å². The zero-order chi connectivity index (χ0) is 14.5. The molecule has 4 heteroatoms. The molecular formula is C16H19BrFNS. The average Bonchev–Trinajstić information content (AvgIpc) is 2.88. The summed E-state index contributed by atoms with van der Waals surface area (Å²) >= 11 is 4.97. The second-order valence-electron chi connectivity index (χ2n) is 4.73. The maximum absolute atomic E-state index is 14.0. The van der Waals surface area contributed by atoms with Crippen LogP contribution in [0.1, 0.15) is 37.6 Å². The Morgan fingerprint density at radius 3 is 2.70 bits per heavy atom. The lowest BCUT2D eigenvalue weighted by Crippen LogP contribution is -2.19. The number of thiophene rings is 1. The third kappa shape index (κ3) is 3.68. The molecule has 2 aromatic rings. The van der Waals surface area contributed by atoms with Crippen LogP contribution in [0.3, 0.4) is 0 Å². The summed E-state index contributed by atoms with van der Waals surface area (Å²) in [5, 5.41) is 3.50. The van der Waals surface area contributed by atoms with E-state index in [-0.39, 0.29) is 5.82 Å². The number of rotatable bonds is 6. The summed E-state index contributed by atoms with van der Waals surface area (Å²) in [5.41, 5.74) is 0.677. The molecule has 0 fully saturated rings. The monoisotopic (exact) mass is 355 g/mol. The molecule has 0 saturated heterocycles. The van der Waals surface area contributed by atoms with Gasteiger partial charge in [-0.05, 0) is 43.3 Å². The third-order valence-corrected chi connectivity index (χ3v) is 4.92. The predicted octanol–water partition coefficient (Wildman–Crippen LogP) is 5.77. The average molecular weight is 356 g/mol. The molecule has 1 unspecified atom stereocenters. The molecule has 0 amide bonds. The van der Waals surface area contributed by atoms with Crippen LogP contribution in [0.15, 0.2) is 34.8 Å². The molecule has 1 aromatic carbocycles. The fourth-order valence-electron chi connectivity index (χ4n) is 2.25. The highest BCUT2D eigenvalue weighted by Crippen LogP contribution is 2.35. The van der Waals surface area contributed by atoms with E-state index in [4.69, 9.17) is 0 Å². The first-order valence-electron chi connectivity index (χ1n) is 6.94. The van der Waals surface area contributed by atoms with Gasteiger partial charge in [0.2, 0.25) is 0 Å². The lowest BCUT2D eigenvalue weighted by atomic mass is 10.1. The number of nitrogens with one attached hydrogen (secondary N) is 1. The number of hydrogen-bond acceptors (Lipinski definition) is 2. The van der Waals surface area contributed by atoms with Crippen molar-refractivity contribution in [2.24, 2.45) is 0 Å². The molecule has 2 rings (SSSR count). The maximum atomic E-state index is 14.0. The highest BCUT2D eigenvalue weighted by molar-refractivity contribution is 9.10. The number of benzene rings is 1. The first kappa shape index (κ1) is 15.7. The van der Waals surface area contributed by atoms with E-state index in [9.17, 15) is 4.39 Å². The Bertz CT molecular complexity index is 561. The summed E-state index contributed by atoms with van der Waals surface area (Å²) in [5.74, 6) is -0.178. The van der Waals surface area contributed by atoms with Crippen LogP contribution < -0.4 is 5.32 Å². The topological polar surface area (TPSA) is 12.0 Å². The lowest BCUT2D eigenvalue weighted by molar-refractivity contribution is 0.516. The van der Waals surface area contributed by atoms with Crippen molar-refractivity contribution < 1.29 is 4.39 Å². The fraction of sp³-hybridized carbons (Fsp3) is 0.375. The first-order chi connectivity index (χ1) is 9.65. The van der Waals surface area contributed by atoms with Gasteiger partial charge in [-0.25, -0.2) is 4.39 Å². The van der Waals surface area contributed by atoms with Gasteiger partial charge in [-0.1, -0.05) is 36.2 Å². The van der Waals surface area contributed by atoms with Crippen LogP contribution in [-0.4, -0.2) is 6.54 Å². The fourth-order valence-corrected chi connectivity index (χ4v) is 3.73. The van der Waals surface area contributed by atoms with Crippen LogP contribution in [0.4, 0.5) is 4.39 Å². The molecule has 0 aliphatic carbocycles. The quantitative estimate of drug-likeness (QED) is 0.693. The normalized spacial score (nSPS) is 12.6. The molecule has 0 radical (unpaired) electrons. The minimum Gasteiger partial charge on any atom is -0.310 e. The van der Waals surface area contributed by atoms with Gasteiger partial charge in [0, 0.05) is 25.8 Å². The molecule has 1 N–H and O–H groups in total.